The van der Waals surface area contributed by atoms with Gasteiger partial charge in [-0.05, 0) is 54.3 Å². The Balaban J connectivity index is 1.57. The Morgan fingerprint density at radius 3 is 2.33 bits per heavy atom. The van der Waals surface area contributed by atoms with Crippen LogP contribution in [0, 0.1) is 5.82 Å². The van der Waals surface area contributed by atoms with Gasteiger partial charge in [-0.25, -0.2) is 9.18 Å². The quantitative estimate of drug-likeness (QED) is 0.420. The molecule has 156 valence electrons. The summed E-state index contributed by atoms with van der Waals surface area (Å²) >= 11 is 0. The molecule has 0 aliphatic carbocycles. The van der Waals surface area contributed by atoms with Gasteiger partial charge in [-0.2, -0.15) is 0 Å². The number of halogens is 1. The lowest BCUT2D eigenvalue weighted by Crippen LogP contribution is -2.26. The summed E-state index contributed by atoms with van der Waals surface area (Å²) in [5.41, 5.74) is 2.49. The van der Waals surface area contributed by atoms with Crippen molar-refractivity contribution in [1.29, 1.82) is 0 Å². The lowest BCUT2D eigenvalue weighted by atomic mass is 10.1. The Kier molecular flexibility index (Phi) is 7.44. The molecule has 30 heavy (non-hydrogen) atoms. The minimum Gasteiger partial charge on any atom is -0.491 e. The normalized spacial score (nSPS) is 11.6. The second-order valence-electron chi connectivity index (χ2n) is 6.87. The number of carbonyl (C=O) groups is 1. The van der Waals surface area contributed by atoms with Crippen molar-refractivity contribution in [1.82, 2.24) is 0 Å². The van der Waals surface area contributed by atoms with E-state index >= 15 is 0 Å². The average molecular weight is 408 g/mol. The van der Waals surface area contributed by atoms with Crippen molar-refractivity contribution >= 4 is 5.97 Å². The summed E-state index contributed by atoms with van der Waals surface area (Å²) in [4.78, 5) is 12.2. The fourth-order valence-corrected chi connectivity index (χ4v) is 2.83. The second-order valence-corrected chi connectivity index (χ2v) is 6.87. The molecule has 0 amide bonds. The predicted molar refractivity (Wildman–Crippen MR) is 114 cm³/mol. The van der Waals surface area contributed by atoms with E-state index in [0.717, 1.165) is 23.1 Å². The molecular weight excluding hydrogens is 383 g/mol. The molecule has 0 aliphatic heterocycles. The minimum absolute atomic E-state index is 0.204. The van der Waals surface area contributed by atoms with Gasteiger partial charge in [0.1, 0.15) is 12.4 Å². The van der Waals surface area contributed by atoms with Crippen molar-refractivity contribution in [3.8, 4) is 22.6 Å². The van der Waals surface area contributed by atoms with Gasteiger partial charge in [0, 0.05) is 0 Å². The molecule has 3 aromatic carbocycles. The highest BCUT2D eigenvalue weighted by Gasteiger charge is 2.16. The lowest BCUT2D eigenvalue weighted by Gasteiger charge is -2.14. The van der Waals surface area contributed by atoms with Crippen LogP contribution in [0.3, 0.4) is 0 Å². The number of rotatable bonds is 9. The summed E-state index contributed by atoms with van der Waals surface area (Å²) in [5, 5.41) is 0. The van der Waals surface area contributed by atoms with Gasteiger partial charge in [-0.3, -0.25) is 0 Å². The molecule has 0 fully saturated rings. The number of esters is 1. The molecular formula is C25H25FO4. The third kappa shape index (κ3) is 5.83. The molecule has 0 aromatic heterocycles. The summed E-state index contributed by atoms with van der Waals surface area (Å²) in [7, 11) is 0. The third-order valence-corrected chi connectivity index (χ3v) is 4.45. The monoisotopic (exact) mass is 408 g/mol. The SMILES string of the molecule is CCCOc1ccc(-c2ccc(OC(C)C(=O)OCc3ccccc3)cc2)cc1F. The molecule has 0 heterocycles. The molecule has 1 atom stereocenters. The first-order valence-electron chi connectivity index (χ1n) is 9.97. The van der Waals surface area contributed by atoms with Crippen LogP contribution in [-0.4, -0.2) is 18.7 Å². The number of hydrogen-bond donors (Lipinski definition) is 0. The maximum atomic E-state index is 14.2. The Bertz CT molecular complexity index is 955. The van der Waals surface area contributed by atoms with Crippen LogP contribution >= 0.6 is 0 Å². The van der Waals surface area contributed by atoms with Crippen molar-refractivity contribution in [2.45, 2.75) is 33.0 Å². The van der Waals surface area contributed by atoms with Crippen molar-refractivity contribution in [3.05, 3.63) is 84.2 Å². The number of benzene rings is 3. The molecule has 0 saturated heterocycles. The minimum atomic E-state index is -0.744. The fraction of sp³-hybridized carbons (Fsp3) is 0.240. The molecule has 0 saturated carbocycles. The first kappa shape index (κ1) is 21.4. The third-order valence-electron chi connectivity index (χ3n) is 4.45. The van der Waals surface area contributed by atoms with Gasteiger partial charge < -0.3 is 14.2 Å². The highest BCUT2D eigenvalue weighted by Crippen LogP contribution is 2.27. The molecule has 0 aliphatic rings. The first-order chi connectivity index (χ1) is 14.6. The summed E-state index contributed by atoms with van der Waals surface area (Å²) in [5.74, 6) is -0.0431. The van der Waals surface area contributed by atoms with Gasteiger partial charge in [0.2, 0.25) is 0 Å². The van der Waals surface area contributed by atoms with Crippen molar-refractivity contribution in [2.24, 2.45) is 0 Å². The van der Waals surface area contributed by atoms with E-state index in [2.05, 4.69) is 0 Å². The highest BCUT2D eigenvalue weighted by molar-refractivity contribution is 5.74. The molecule has 1 unspecified atom stereocenters. The predicted octanol–water partition coefficient (Wildman–Crippen LogP) is 5.79. The fourth-order valence-electron chi connectivity index (χ4n) is 2.83. The Hall–Kier alpha value is -3.34. The summed E-state index contributed by atoms with van der Waals surface area (Å²) in [6, 6.07) is 21.5. The van der Waals surface area contributed by atoms with Crippen LogP contribution in [0.15, 0.2) is 72.8 Å². The molecule has 0 bridgehead atoms. The maximum absolute atomic E-state index is 14.2. The van der Waals surface area contributed by atoms with Crippen LogP contribution in [0.5, 0.6) is 11.5 Å². The van der Waals surface area contributed by atoms with Crippen LogP contribution < -0.4 is 9.47 Å². The molecule has 0 N–H and O–H groups in total. The van der Waals surface area contributed by atoms with E-state index in [1.165, 1.54) is 6.07 Å². The van der Waals surface area contributed by atoms with Gasteiger partial charge in [-0.15, -0.1) is 0 Å². The van der Waals surface area contributed by atoms with Gasteiger partial charge in [0.15, 0.2) is 17.7 Å². The topological polar surface area (TPSA) is 44.8 Å². The first-order valence-corrected chi connectivity index (χ1v) is 9.97. The van der Waals surface area contributed by atoms with E-state index in [0.29, 0.717) is 12.4 Å². The van der Waals surface area contributed by atoms with Crippen LogP contribution in [0.1, 0.15) is 25.8 Å². The zero-order chi connectivity index (χ0) is 21.3. The van der Waals surface area contributed by atoms with E-state index in [1.807, 2.05) is 55.5 Å². The Labute approximate surface area is 176 Å². The molecule has 5 heteroatoms. The second kappa shape index (κ2) is 10.4. The highest BCUT2D eigenvalue weighted by atomic mass is 19.1. The Morgan fingerprint density at radius 2 is 1.67 bits per heavy atom. The van der Waals surface area contributed by atoms with Crippen LogP contribution in [0.2, 0.25) is 0 Å². The molecule has 0 spiro atoms. The molecule has 4 nitrogen and oxygen atoms in total. The zero-order valence-corrected chi connectivity index (χ0v) is 17.1. The smallest absolute Gasteiger partial charge is 0.347 e. The van der Waals surface area contributed by atoms with E-state index < -0.39 is 17.9 Å². The Morgan fingerprint density at radius 1 is 0.967 bits per heavy atom. The van der Waals surface area contributed by atoms with Crippen LogP contribution in [-0.2, 0) is 16.1 Å². The largest absolute Gasteiger partial charge is 0.491 e. The molecule has 0 radical (unpaired) electrons. The molecule has 3 aromatic rings. The number of hydrogen-bond acceptors (Lipinski definition) is 4. The van der Waals surface area contributed by atoms with Gasteiger partial charge >= 0.3 is 5.97 Å². The zero-order valence-electron chi connectivity index (χ0n) is 17.1. The van der Waals surface area contributed by atoms with Crippen LogP contribution in [0.4, 0.5) is 4.39 Å². The maximum Gasteiger partial charge on any atom is 0.347 e. The van der Waals surface area contributed by atoms with Gasteiger partial charge in [-0.1, -0.05) is 55.5 Å². The van der Waals surface area contributed by atoms with Crippen LogP contribution in [0.25, 0.3) is 11.1 Å². The van der Waals surface area contributed by atoms with E-state index in [9.17, 15) is 9.18 Å². The summed E-state index contributed by atoms with van der Waals surface area (Å²) in [6.07, 6.45) is 0.0768. The van der Waals surface area contributed by atoms with Gasteiger partial charge in [0.05, 0.1) is 6.61 Å². The summed E-state index contributed by atoms with van der Waals surface area (Å²) < 4.78 is 30.5. The number of ether oxygens (including phenoxy) is 3. The van der Waals surface area contributed by atoms with Crippen molar-refractivity contribution in [3.63, 3.8) is 0 Å². The van der Waals surface area contributed by atoms with Gasteiger partial charge in [0.25, 0.3) is 0 Å². The molecule has 3 rings (SSSR count). The van der Waals surface area contributed by atoms with Crippen molar-refractivity contribution < 1.29 is 23.4 Å². The van der Waals surface area contributed by atoms with E-state index in [-0.39, 0.29) is 12.4 Å². The standard InChI is InChI=1S/C25H25FO4/c1-3-15-28-24-14-11-21(16-23(24)26)20-9-12-22(13-10-20)30-18(2)25(27)29-17-19-7-5-4-6-8-19/h4-14,16,18H,3,15,17H2,1-2H3. The van der Waals surface area contributed by atoms with Crippen molar-refractivity contribution in [2.75, 3.05) is 6.61 Å². The lowest BCUT2D eigenvalue weighted by molar-refractivity contribution is -0.152. The van der Waals surface area contributed by atoms with E-state index in [1.54, 1.807) is 25.1 Å². The summed E-state index contributed by atoms with van der Waals surface area (Å²) in [6.45, 7) is 4.30. The number of carbonyl (C=O) groups excluding carboxylic acids is 1. The van der Waals surface area contributed by atoms with E-state index in [4.69, 9.17) is 14.2 Å². The average Bonchev–Trinajstić information content (AvgIpc) is 2.77.